The molecule has 0 radical (unpaired) electrons. The lowest BCUT2D eigenvalue weighted by atomic mass is 9.80. The van der Waals surface area contributed by atoms with Crippen LogP contribution in [0, 0.1) is 17.7 Å². The number of ether oxygens (including phenoxy) is 2. The molecule has 20 heavy (non-hydrogen) atoms. The Morgan fingerprint density at radius 3 is 2.60 bits per heavy atom. The van der Waals surface area contributed by atoms with Crippen LogP contribution in [0.25, 0.3) is 0 Å². The topological polar surface area (TPSA) is 44.5 Å². The average Bonchev–Trinajstić information content (AvgIpc) is 2.39. The third kappa shape index (κ3) is 3.35. The molecule has 2 N–H and O–H groups in total. The third-order valence-corrected chi connectivity index (χ3v) is 4.21. The van der Waals surface area contributed by atoms with Gasteiger partial charge in [0.15, 0.2) is 11.6 Å². The van der Waals surface area contributed by atoms with Gasteiger partial charge in [0, 0.05) is 12.1 Å². The molecule has 0 saturated heterocycles. The summed E-state index contributed by atoms with van der Waals surface area (Å²) in [6, 6.07) is 2.84. The molecule has 0 aliphatic heterocycles. The van der Waals surface area contributed by atoms with Crippen molar-refractivity contribution in [3.63, 3.8) is 0 Å². The van der Waals surface area contributed by atoms with Crippen LogP contribution in [0.5, 0.6) is 11.5 Å². The predicted octanol–water partition coefficient (Wildman–Crippen LogP) is 4.01. The van der Waals surface area contributed by atoms with Gasteiger partial charge in [-0.3, -0.25) is 0 Å². The molecule has 3 unspecified atom stereocenters. The normalized spacial score (nSPS) is 26.3. The minimum atomic E-state index is -0.442. The minimum Gasteiger partial charge on any atom is -0.491 e. The summed E-state index contributed by atoms with van der Waals surface area (Å²) in [6.45, 7) is 6.76. The van der Waals surface area contributed by atoms with Gasteiger partial charge in [0.1, 0.15) is 5.75 Å². The summed E-state index contributed by atoms with van der Waals surface area (Å²) in [5.74, 6) is 1.67. The van der Waals surface area contributed by atoms with Crippen molar-refractivity contribution in [3.05, 3.63) is 17.9 Å². The summed E-state index contributed by atoms with van der Waals surface area (Å²) < 4.78 is 24.9. The molecule has 3 nitrogen and oxygen atoms in total. The van der Waals surface area contributed by atoms with E-state index >= 15 is 0 Å². The highest BCUT2D eigenvalue weighted by Crippen LogP contribution is 2.35. The highest BCUT2D eigenvalue weighted by molar-refractivity contribution is 5.56. The first-order valence-electron chi connectivity index (χ1n) is 7.39. The Balaban J connectivity index is 2.10. The van der Waals surface area contributed by atoms with E-state index in [1.807, 2.05) is 6.92 Å². The van der Waals surface area contributed by atoms with Gasteiger partial charge in [0.05, 0.1) is 18.4 Å². The van der Waals surface area contributed by atoms with Crippen molar-refractivity contribution in [2.75, 3.05) is 12.3 Å². The van der Waals surface area contributed by atoms with Crippen LogP contribution in [0.1, 0.15) is 40.0 Å². The molecule has 2 rings (SSSR count). The van der Waals surface area contributed by atoms with Crippen LogP contribution >= 0.6 is 0 Å². The number of nitrogen functional groups attached to an aromatic ring is 1. The number of hydrogen-bond donors (Lipinski definition) is 1. The van der Waals surface area contributed by atoms with E-state index in [4.69, 9.17) is 15.2 Å². The Labute approximate surface area is 120 Å². The molecule has 112 valence electrons. The van der Waals surface area contributed by atoms with Crippen LogP contribution < -0.4 is 15.2 Å². The summed E-state index contributed by atoms with van der Waals surface area (Å²) in [7, 11) is 0. The Morgan fingerprint density at radius 2 is 1.95 bits per heavy atom. The van der Waals surface area contributed by atoms with E-state index in [9.17, 15) is 4.39 Å². The van der Waals surface area contributed by atoms with Gasteiger partial charge >= 0.3 is 0 Å². The van der Waals surface area contributed by atoms with Crippen molar-refractivity contribution in [2.45, 2.75) is 46.1 Å². The van der Waals surface area contributed by atoms with Crippen LogP contribution in [0.3, 0.4) is 0 Å². The van der Waals surface area contributed by atoms with Crippen molar-refractivity contribution in [3.8, 4) is 11.5 Å². The number of rotatable bonds is 4. The fourth-order valence-corrected chi connectivity index (χ4v) is 2.70. The molecule has 0 aromatic heterocycles. The Kier molecular flexibility index (Phi) is 4.73. The van der Waals surface area contributed by atoms with Gasteiger partial charge in [0.25, 0.3) is 0 Å². The molecule has 0 amide bonds. The summed E-state index contributed by atoms with van der Waals surface area (Å²) in [5, 5.41) is 0. The molecule has 1 aromatic carbocycles. The van der Waals surface area contributed by atoms with E-state index in [1.165, 1.54) is 6.07 Å². The smallest absolute Gasteiger partial charge is 0.167 e. The number of benzene rings is 1. The van der Waals surface area contributed by atoms with Crippen LogP contribution in [0.2, 0.25) is 0 Å². The zero-order chi connectivity index (χ0) is 14.7. The molecule has 1 aromatic rings. The van der Waals surface area contributed by atoms with E-state index in [0.29, 0.717) is 24.0 Å². The number of hydrogen-bond acceptors (Lipinski definition) is 3. The third-order valence-electron chi connectivity index (χ3n) is 4.21. The molecule has 3 atom stereocenters. The first kappa shape index (κ1) is 14.9. The van der Waals surface area contributed by atoms with E-state index in [1.54, 1.807) is 6.07 Å². The van der Waals surface area contributed by atoms with Gasteiger partial charge in [-0.25, -0.2) is 4.39 Å². The molecule has 1 fully saturated rings. The molecular formula is C16H24FNO2. The molecule has 1 aliphatic carbocycles. The van der Waals surface area contributed by atoms with Crippen molar-refractivity contribution >= 4 is 5.69 Å². The number of halogens is 1. The SMILES string of the molecule is CCOc1cc(OC2CCC(C)C(C)C2)c(N)cc1F. The summed E-state index contributed by atoms with van der Waals surface area (Å²) >= 11 is 0. The van der Waals surface area contributed by atoms with Crippen LogP contribution in [0.4, 0.5) is 10.1 Å². The summed E-state index contributed by atoms with van der Waals surface area (Å²) in [5.41, 5.74) is 6.18. The number of nitrogens with two attached hydrogens (primary N) is 1. The van der Waals surface area contributed by atoms with Crippen LogP contribution in [0.15, 0.2) is 12.1 Å². The van der Waals surface area contributed by atoms with E-state index in [0.717, 1.165) is 25.2 Å². The highest BCUT2D eigenvalue weighted by atomic mass is 19.1. The van der Waals surface area contributed by atoms with E-state index in [2.05, 4.69) is 13.8 Å². The lowest BCUT2D eigenvalue weighted by Crippen LogP contribution is -2.29. The Bertz CT molecular complexity index is 464. The monoisotopic (exact) mass is 281 g/mol. The largest absolute Gasteiger partial charge is 0.491 e. The molecule has 0 heterocycles. The zero-order valence-corrected chi connectivity index (χ0v) is 12.5. The van der Waals surface area contributed by atoms with E-state index < -0.39 is 5.82 Å². The van der Waals surface area contributed by atoms with Gasteiger partial charge < -0.3 is 15.2 Å². The Morgan fingerprint density at radius 1 is 1.20 bits per heavy atom. The van der Waals surface area contributed by atoms with Crippen molar-refractivity contribution < 1.29 is 13.9 Å². The standard InChI is InChI=1S/C16H24FNO2/c1-4-19-15-9-16(14(18)8-13(15)17)20-12-6-5-10(2)11(3)7-12/h8-12H,4-7,18H2,1-3H3. The first-order chi connectivity index (χ1) is 9.51. The molecule has 1 saturated carbocycles. The van der Waals surface area contributed by atoms with Crippen molar-refractivity contribution in [2.24, 2.45) is 11.8 Å². The van der Waals surface area contributed by atoms with Crippen LogP contribution in [-0.4, -0.2) is 12.7 Å². The summed E-state index contributed by atoms with van der Waals surface area (Å²) in [6.07, 6.45) is 3.35. The van der Waals surface area contributed by atoms with E-state index in [-0.39, 0.29) is 11.9 Å². The maximum absolute atomic E-state index is 13.6. The minimum absolute atomic E-state index is 0.156. The van der Waals surface area contributed by atoms with Crippen molar-refractivity contribution in [1.82, 2.24) is 0 Å². The second kappa shape index (κ2) is 6.33. The second-order valence-corrected chi connectivity index (χ2v) is 5.76. The predicted molar refractivity (Wildman–Crippen MR) is 78.6 cm³/mol. The fourth-order valence-electron chi connectivity index (χ4n) is 2.70. The van der Waals surface area contributed by atoms with Gasteiger partial charge in [-0.15, -0.1) is 0 Å². The maximum atomic E-state index is 13.6. The van der Waals surface area contributed by atoms with Gasteiger partial charge in [-0.05, 0) is 38.0 Å². The van der Waals surface area contributed by atoms with Gasteiger partial charge in [-0.2, -0.15) is 0 Å². The number of anilines is 1. The molecule has 0 spiro atoms. The van der Waals surface area contributed by atoms with Crippen LogP contribution in [-0.2, 0) is 0 Å². The van der Waals surface area contributed by atoms with Crippen molar-refractivity contribution in [1.29, 1.82) is 0 Å². The lowest BCUT2D eigenvalue weighted by molar-refractivity contribution is 0.101. The quantitative estimate of drug-likeness (QED) is 0.848. The lowest BCUT2D eigenvalue weighted by Gasteiger charge is -2.32. The molecule has 4 heteroatoms. The van der Waals surface area contributed by atoms with Gasteiger partial charge in [0.2, 0.25) is 0 Å². The zero-order valence-electron chi connectivity index (χ0n) is 12.5. The molecule has 0 bridgehead atoms. The Hall–Kier alpha value is -1.45. The first-order valence-corrected chi connectivity index (χ1v) is 7.39. The summed E-state index contributed by atoms with van der Waals surface area (Å²) in [4.78, 5) is 0. The molecule has 1 aliphatic rings. The second-order valence-electron chi connectivity index (χ2n) is 5.76. The fraction of sp³-hybridized carbons (Fsp3) is 0.625. The van der Waals surface area contributed by atoms with Gasteiger partial charge in [-0.1, -0.05) is 13.8 Å². The maximum Gasteiger partial charge on any atom is 0.167 e. The molecular weight excluding hydrogens is 257 g/mol. The average molecular weight is 281 g/mol. The highest BCUT2D eigenvalue weighted by Gasteiger charge is 2.26.